The molecule has 0 aromatic carbocycles. The lowest BCUT2D eigenvalue weighted by molar-refractivity contribution is -0.139. The normalized spacial score (nSPS) is 16.0. The van der Waals surface area contributed by atoms with E-state index in [9.17, 15) is 9.59 Å². The van der Waals surface area contributed by atoms with Gasteiger partial charge in [0.15, 0.2) is 0 Å². The van der Waals surface area contributed by atoms with Crippen LogP contribution >= 0.6 is 0 Å². The van der Waals surface area contributed by atoms with Crippen molar-refractivity contribution in [2.75, 3.05) is 13.1 Å². The summed E-state index contributed by atoms with van der Waals surface area (Å²) in [5.74, 6) is -0.968. The van der Waals surface area contributed by atoms with Gasteiger partial charge in [-0.05, 0) is 33.1 Å². The van der Waals surface area contributed by atoms with Crippen molar-refractivity contribution in [1.82, 2.24) is 10.2 Å². The molecular formula is C12H22N2O3. The van der Waals surface area contributed by atoms with E-state index >= 15 is 0 Å². The third-order valence-corrected chi connectivity index (χ3v) is 3.11. The number of carbonyl (C=O) groups is 2. The Labute approximate surface area is 102 Å². The summed E-state index contributed by atoms with van der Waals surface area (Å²) < 4.78 is 0. The molecule has 0 aromatic rings. The van der Waals surface area contributed by atoms with Crippen molar-refractivity contribution in [1.29, 1.82) is 0 Å². The molecule has 0 unspecified atom stereocenters. The first-order valence-electron chi connectivity index (χ1n) is 6.11. The van der Waals surface area contributed by atoms with Crippen molar-refractivity contribution < 1.29 is 14.7 Å². The van der Waals surface area contributed by atoms with Crippen LogP contribution in [0.3, 0.4) is 0 Å². The van der Waals surface area contributed by atoms with Crippen LogP contribution in [-0.2, 0) is 9.59 Å². The molecule has 0 aromatic heterocycles. The van der Waals surface area contributed by atoms with Crippen LogP contribution in [0.1, 0.15) is 40.0 Å². The van der Waals surface area contributed by atoms with Crippen LogP contribution in [0.15, 0.2) is 0 Å². The predicted octanol–water partition coefficient (Wildman–Crippen LogP) is 0.840. The Bertz CT molecular complexity index is 298. The lowest BCUT2D eigenvalue weighted by Gasteiger charge is -2.27. The zero-order valence-electron chi connectivity index (χ0n) is 10.8. The highest BCUT2D eigenvalue weighted by Gasteiger charge is 2.32. The van der Waals surface area contributed by atoms with E-state index in [4.69, 9.17) is 5.11 Å². The summed E-state index contributed by atoms with van der Waals surface area (Å²) in [6.07, 6.45) is 2.84. The smallest absolute Gasteiger partial charge is 0.317 e. The molecule has 5 heteroatoms. The van der Waals surface area contributed by atoms with E-state index < -0.39 is 5.97 Å². The summed E-state index contributed by atoms with van der Waals surface area (Å²) in [7, 11) is 0. The van der Waals surface area contributed by atoms with Crippen molar-refractivity contribution in [3.63, 3.8) is 0 Å². The number of nitrogens with zero attached hydrogens (tertiary/aromatic N) is 1. The predicted molar refractivity (Wildman–Crippen MR) is 64.7 cm³/mol. The fourth-order valence-electron chi connectivity index (χ4n) is 1.62. The van der Waals surface area contributed by atoms with Gasteiger partial charge in [-0.3, -0.25) is 14.5 Å². The standard InChI is InChI=1S/C12H22N2O3/c1-4-12(2,3)13-10(15)7-14(8-11(16)17)9-5-6-9/h9H,4-8H2,1-3H3,(H,13,15)(H,16,17). The minimum atomic E-state index is -0.876. The van der Waals surface area contributed by atoms with Crippen molar-refractivity contribution in [2.45, 2.75) is 51.6 Å². The van der Waals surface area contributed by atoms with Gasteiger partial charge in [-0.25, -0.2) is 0 Å². The first kappa shape index (κ1) is 14.0. The van der Waals surface area contributed by atoms with Crippen LogP contribution in [-0.4, -0.2) is 46.6 Å². The summed E-state index contributed by atoms with van der Waals surface area (Å²) in [5.41, 5.74) is -0.227. The van der Waals surface area contributed by atoms with Gasteiger partial charge in [0.1, 0.15) is 0 Å². The van der Waals surface area contributed by atoms with Gasteiger partial charge < -0.3 is 10.4 Å². The van der Waals surface area contributed by atoms with Gasteiger partial charge in [0.2, 0.25) is 5.91 Å². The Balaban J connectivity index is 2.44. The third kappa shape index (κ3) is 5.17. The average Bonchev–Trinajstić information content (AvgIpc) is 2.98. The molecule has 0 radical (unpaired) electrons. The molecule has 0 atom stereocenters. The molecule has 98 valence electrons. The van der Waals surface area contributed by atoms with Gasteiger partial charge in [-0.15, -0.1) is 0 Å². The molecule has 0 bridgehead atoms. The second-order valence-electron chi connectivity index (χ2n) is 5.32. The minimum absolute atomic E-state index is 0.0510. The zero-order chi connectivity index (χ0) is 13.1. The summed E-state index contributed by atoms with van der Waals surface area (Å²) in [4.78, 5) is 24.2. The minimum Gasteiger partial charge on any atom is -0.480 e. The van der Waals surface area contributed by atoms with Gasteiger partial charge in [-0.1, -0.05) is 6.92 Å². The molecule has 0 saturated heterocycles. The second kappa shape index (κ2) is 5.49. The summed E-state index contributed by atoms with van der Waals surface area (Å²) in [5, 5.41) is 11.7. The Morgan fingerprint density at radius 3 is 2.35 bits per heavy atom. The van der Waals surface area contributed by atoms with Gasteiger partial charge in [0.25, 0.3) is 0 Å². The van der Waals surface area contributed by atoms with E-state index in [1.807, 2.05) is 20.8 Å². The highest BCUT2D eigenvalue weighted by molar-refractivity contribution is 5.79. The number of amides is 1. The molecule has 0 aliphatic heterocycles. The Morgan fingerprint density at radius 2 is 1.94 bits per heavy atom. The molecule has 0 spiro atoms. The molecular weight excluding hydrogens is 220 g/mol. The number of hydrogen-bond acceptors (Lipinski definition) is 3. The van der Waals surface area contributed by atoms with E-state index in [1.165, 1.54) is 0 Å². The number of rotatable bonds is 7. The summed E-state index contributed by atoms with van der Waals surface area (Å²) in [6.45, 7) is 6.06. The molecule has 1 rings (SSSR count). The molecule has 0 heterocycles. The molecule has 1 fully saturated rings. The highest BCUT2D eigenvalue weighted by atomic mass is 16.4. The fraction of sp³-hybridized carbons (Fsp3) is 0.833. The summed E-state index contributed by atoms with van der Waals surface area (Å²) >= 11 is 0. The van der Waals surface area contributed by atoms with E-state index in [0.717, 1.165) is 19.3 Å². The maximum Gasteiger partial charge on any atom is 0.317 e. The van der Waals surface area contributed by atoms with Crippen LogP contribution in [0.25, 0.3) is 0 Å². The lowest BCUT2D eigenvalue weighted by atomic mass is 10.0. The van der Waals surface area contributed by atoms with E-state index in [1.54, 1.807) is 4.90 Å². The average molecular weight is 242 g/mol. The number of carbonyl (C=O) groups excluding carboxylic acids is 1. The SMILES string of the molecule is CCC(C)(C)NC(=O)CN(CC(=O)O)C1CC1. The van der Waals surface area contributed by atoms with E-state index in [-0.39, 0.29) is 30.6 Å². The van der Waals surface area contributed by atoms with Crippen LogP contribution in [0.5, 0.6) is 0 Å². The van der Waals surface area contributed by atoms with Crippen molar-refractivity contribution in [3.8, 4) is 0 Å². The molecule has 1 amide bonds. The number of nitrogens with one attached hydrogen (secondary N) is 1. The number of hydrogen-bond donors (Lipinski definition) is 2. The number of aliphatic carboxylic acids is 1. The highest BCUT2D eigenvalue weighted by Crippen LogP contribution is 2.26. The molecule has 5 nitrogen and oxygen atoms in total. The maximum atomic E-state index is 11.8. The maximum absolute atomic E-state index is 11.8. The Morgan fingerprint density at radius 1 is 1.35 bits per heavy atom. The van der Waals surface area contributed by atoms with Crippen molar-refractivity contribution in [2.24, 2.45) is 0 Å². The molecule has 1 saturated carbocycles. The Hall–Kier alpha value is -1.10. The monoisotopic (exact) mass is 242 g/mol. The lowest BCUT2D eigenvalue weighted by Crippen LogP contribution is -2.48. The van der Waals surface area contributed by atoms with Crippen LogP contribution in [0.4, 0.5) is 0 Å². The quantitative estimate of drug-likeness (QED) is 0.694. The number of carboxylic acid groups (broad SMARTS) is 1. The van der Waals surface area contributed by atoms with Crippen molar-refractivity contribution >= 4 is 11.9 Å². The topological polar surface area (TPSA) is 69.6 Å². The summed E-state index contributed by atoms with van der Waals surface area (Å²) in [6, 6.07) is 0.279. The van der Waals surface area contributed by atoms with Gasteiger partial charge in [0, 0.05) is 11.6 Å². The van der Waals surface area contributed by atoms with Crippen LogP contribution in [0.2, 0.25) is 0 Å². The van der Waals surface area contributed by atoms with E-state index in [0.29, 0.717) is 0 Å². The molecule has 1 aliphatic rings. The molecule has 2 N–H and O–H groups in total. The van der Waals surface area contributed by atoms with Gasteiger partial charge in [-0.2, -0.15) is 0 Å². The Kier molecular flexibility index (Phi) is 4.51. The van der Waals surface area contributed by atoms with Crippen molar-refractivity contribution in [3.05, 3.63) is 0 Å². The third-order valence-electron chi connectivity index (χ3n) is 3.11. The van der Waals surface area contributed by atoms with Gasteiger partial charge in [0.05, 0.1) is 13.1 Å². The van der Waals surface area contributed by atoms with E-state index in [2.05, 4.69) is 5.32 Å². The first-order valence-corrected chi connectivity index (χ1v) is 6.11. The second-order valence-corrected chi connectivity index (χ2v) is 5.32. The fourth-order valence-corrected chi connectivity index (χ4v) is 1.62. The molecule has 1 aliphatic carbocycles. The largest absolute Gasteiger partial charge is 0.480 e. The molecule has 17 heavy (non-hydrogen) atoms. The van der Waals surface area contributed by atoms with Crippen LogP contribution in [0, 0.1) is 0 Å². The van der Waals surface area contributed by atoms with Crippen LogP contribution < -0.4 is 5.32 Å². The van der Waals surface area contributed by atoms with Gasteiger partial charge >= 0.3 is 5.97 Å². The number of carboxylic acids is 1. The first-order chi connectivity index (χ1) is 7.84. The zero-order valence-corrected chi connectivity index (χ0v) is 10.8.